The molecule has 23 heavy (non-hydrogen) atoms. The van der Waals surface area contributed by atoms with Crippen LogP contribution in [0, 0.1) is 5.92 Å². The molecule has 0 aliphatic carbocycles. The molecular formula is C19H21NO2S. The van der Waals surface area contributed by atoms with Gasteiger partial charge >= 0.3 is 5.97 Å². The van der Waals surface area contributed by atoms with Crippen molar-refractivity contribution < 1.29 is 9.90 Å². The Labute approximate surface area is 141 Å². The van der Waals surface area contributed by atoms with Gasteiger partial charge in [-0.15, -0.1) is 11.8 Å². The van der Waals surface area contributed by atoms with E-state index in [1.165, 1.54) is 16.0 Å². The van der Waals surface area contributed by atoms with E-state index >= 15 is 0 Å². The first-order chi connectivity index (χ1) is 11.1. The van der Waals surface area contributed by atoms with Gasteiger partial charge in [0, 0.05) is 23.1 Å². The van der Waals surface area contributed by atoms with Gasteiger partial charge in [-0.25, -0.2) is 0 Å². The fraction of sp³-hybridized carbons (Fsp3) is 0.316. The smallest absolute Gasteiger partial charge is 0.317 e. The molecule has 120 valence electrons. The number of nitrogens with zero attached hydrogens (tertiary/aromatic N) is 1. The Morgan fingerprint density at radius 2 is 1.87 bits per heavy atom. The van der Waals surface area contributed by atoms with E-state index in [1.807, 2.05) is 29.8 Å². The second kappa shape index (κ2) is 7.20. The second-order valence-corrected chi connectivity index (χ2v) is 7.15. The lowest BCUT2D eigenvalue weighted by Gasteiger charge is -2.35. The number of rotatable bonds is 5. The molecule has 0 unspecified atom stereocenters. The van der Waals surface area contributed by atoms with Crippen LogP contribution in [-0.4, -0.2) is 41.9 Å². The van der Waals surface area contributed by atoms with Gasteiger partial charge in [-0.3, -0.25) is 9.69 Å². The Morgan fingerprint density at radius 1 is 1.17 bits per heavy atom. The maximum absolute atomic E-state index is 11.0. The lowest BCUT2D eigenvalue weighted by Crippen LogP contribution is -2.35. The minimum absolute atomic E-state index is 0.0876. The molecular weight excluding hydrogens is 306 g/mol. The highest BCUT2D eigenvalue weighted by Crippen LogP contribution is 2.44. The van der Waals surface area contributed by atoms with Crippen LogP contribution in [0.4, 0.5) is 0 Å². The highest BCUT2D eigenvalue weighted by atomic mass is 32.2. The van der Waals surface area contributed by atoms with Crippen LogP contribution < -0.4 is 0 Å². The Morgan fingerprint density at radius 3 is 2.61 bits per heavy atom. The second-order valence-electron chi connectivity index (χ2n) is 6.09. The summed E-state index contributed by atoms with van der Waals surface area (Å²) in [6.45, 7) is 0.873. The molecule has 0 radical (unpaired) electrons. The van der Waals surface area contributed by atoms with E-state index in [9.17, 15) is 4.79 Å². The minimum Gasteiger partial charge on any atom is -0.480 e. The van der Waals surface area contributed by atoms with E-state index in [1.54, 1.807) is 0 Å². The lowest BCUT2D eigenvalue weighted by molar-refractivity contribution is -0.138. The summed E-state index contributed by atoms with van der Waals surface area (Å²) in [6.07, 6.45) is 0. The zero-order chi connectivity index (χ0) is 16.2. The Kier molecular flexibility index (Phi) is 5.03. The van der Waals surface area contributed by atoms with Gasteiger partial charge in [0.15, 0.2) is 0 Å². The number of hydrogen-bond acceptors (Lipinski definition) is 3. The van der Waals surface area contributed by atoms with Gasteiger partial charge in [-0.05, 0) is 30.2 Å². The Balaban J connectivity index is 1.91. The summed E-state index contributed by atoms with van der Waals surface area (Å²) in [6, 6.07) is 19.1. The zero-order valence-electron chi connectivity index (χ0n) is 13.2. The number of aliphatic carboxylic acids is 1. The van der Waals surface area contributed by atoms with Crippen LogP contribution in [0.3, 0.4) is 0 Å². The number of thioether (sulfide) groups is 1. The Bertz CT molecular complexity index is 674. The van der Waals surface area contributed by atoms with Crippen LogP contribution in [0.15, 0.2) is 59.5 Å². The first-order valence-electron chi connectivity index (χ1n) is 7.82. The third-order valence-electron chi connectivity index (χ3n) is 4.29. The molecule has 0 fully saturated rings. The molecule has 4 heteroatoms. The molecule has 0 saturated heterocycles. The van der Waals surface area contributed by atoms with Crippen molar-refractivity contribution in [2.24, 2.45) is 5.92 Å². The van der Waals surface area contributed by atoms with Crippen molar-refractivity contribution in [2.75, 3.05) is 25.9 Å². The number of fused-ring (bicyclic) bond motifs is 1. The van der Waals surface area contributed by atoms with Crippen LogP contribution >= 0.6 is 11.8 Å². The van der Waals surface area contributed by atoms with Gasteiger partial charge in [0.1, 0.15) is 0 Å². The highest BCUT2D eigenvalue weighted by Gasteiger charge is 2.31. The van der Waals surface area contributed by atoms with E-state index < -0.39 is 5.97 Å². The zero-order valence-corrected chi connectivity index (χ0v) is 14.0. The average Bonchev–Trinajstić information content (AvgIpc) is 2.54. The quantitative estimate of drug-likeness (QED) is 0.912. The molecule has 2 aromatic carbocycles. The Hall–Kier alpha value is -1.78. The van der Waals surface area contributed by atoms with Crippen molar-refractivity contribution in [3.05, 3.63) is 65.7 Å². The molecule has 1 heterocycles. The van der Waals surface area contributed by atoms with Gasteiger partial charge in [-0.2, -0.15) is 0 Å². The monoisotopic (exact) mass is 327 g/mol. The van der Waals surface area contributed by atoms with Crippen molar-refractivity contribution in [1.82, 2.24) is 4.90 Å². The SMILES string of the molecule is CN(CC(=O)O)C[C@H]1CSc2ccccc2[C@H]1c1ccccc1. The van der Waals surface area contributed by atoms with E-state index in [0.29, 0.717) is 11.8 Å². The molecule has 0 saturated carbocycles. The molecule has 0 bridgehead atoms. The van der Waals surface area contributed by atoms with Gasteiger partial charge in [0.05, 0.1) is 6.54 Å². The van der Waals surface area contributed by atoms with E-state index in [0.717, 1.165) is 12.3 Å². The molecule has 3 rings (SSSR count). The van der Waals surface area contributed by atoms with Crippen LogP contribution in [0.2, 0.25) is 0 Å². The number of carbonyl (C=O) groups is 1. The third kappa shape index (κ3) is 3.77. The van der Waals surface area contributed by atoms with Crippen molar-refractivity contribution in [1.29, 1.82) is 0 Å². The number of hydrogen-bond donors (Lipinski definition) is 1. The summed E-state index contributed by atoms with van der Waals surface area (Å²) in [5.41, 5.74) is 2.68. The molecule has 1 aliphatic heterocycles. The average molecular weight is 327 g/mol. The molecule has 0 amide bonds. The van der Waals surface area contributed by atoms with Crippen LogP contribution in [0.5, 0.6) is 0 Å². The van der Waals surface area contributed by atoms with Gasteiger partial charge < -0.3 is 5.11 Å². The van der Waals surface area contributed by atoms with Gasteiger partial charge in [0.25, 0.3) is 0 Å². The molecule has 1 N–H and O–H groups in total. The number of benzene rings is 2. The molecule has 3 nitrogen and oxygen atoms in total. The maximum Gasteiger partial charge on any atom is 0.317 e. The topological polar surface area (TPSA) is 40.5 Å². The normalized spacial score (nSPS) is 20.3. The summed E-state index contributed by atoms with van der Waals surface area (Å²) >= 11 is 1.88. The summed E-state index contributed by atoms with van der Waals surface area (Å²) in [5, 5.41) is 9.01. The van der Waals surface area contributed by atoms with Crippen molar-refractivity contribution in [3.63, 3.8) is 0 Å². The van der Waals surface area contributed by atoms with E-state index in [-0.39, 0.29) is 6.54 Å². The first-order valence-corrected chi connectivity index (χ1v) is 8.80. The largest absolute Gasteiger partial charge is 0.480 e. The van der Waals surface area contributed by atoms with Gasteiger partial charge in [-0.1, -0.05) is 48.5 Å². The predicted molar refractivity (Wildman–Crippen MR) is 94.1 cm³/mol. The third-order valence-corrected chi connectivity index (χ3v) is 5.57. The first kappa shape index (κ1) is 16.1. The molecule has 0 aromatic heterocycles. The minimum atomic E-state index is -0.771. The lowest BCUT2D eigenvalue weighted by atomic mass is 9.81. The standard InChI is InChI=1S/C19H21NO2S/c1-20(12-18(21)22)11-15-13-23-17-10-6-5-9-16(17)19(15)14-7-3-2-4-8-14/h2-10,15,19H,11-13H2,1H3,(H,21,22)/t15-,19-/m0/s1. The predicted octanol–water partition coefficient (Wildman–Crippen LogP) is 3.56. The van der Waals surface area contributed by atoms with Crippen molar-refractivity contribution in [2.45, 2.75) is 10.8 Å². The fourth-order valence-corrected chi connectivity index (χ4v) is 4.61. The maximum atomic E-state index is 11.0. The van der Waals surface area contributed by atoms with Crippen LogP contribution in [0.25, 0.3) is 0 Å². The molecule has 1 aliphatic rings. The summed E-state index contributed by atoms with van der Waals surface area (Å²) in [4.78, 5) is 14.2. The van der Waals surface area contributed by atoms with Crippen molar-refractivity contribution in [3.8, 4) is 0 Å². The summed E-state index contributed by atoms with van der Waals surface area (Å²) in [5.74, 6) is 0.972. The number of likely N-dealkylation sites (N-methyl/N-ethyl adjacent to an activating group) is 1. The molecule has 2 atom stereocenters. The van der Waals surface area contributed by atoms with Crippen molar-refractivity contribution >= 4 is 17.7 Å². The molecule has 2 aromatic rings. The number of carboxylic acids is 1. The highest BCUT2D eigenvalue weighted by molar-refractivity contribution is 7.99. The summed E-state index contributed by atoms with van der Waals surface area (Å²) in [7, 11) is 1.89. The van der Waals surface area contributed by atoms with E-state index in [2.05, 4.69) is 48.5 Å². The number of carboxylic acid groups (broad SMARTS) is 1. The van der Waals surface area contributed by atoms with E-state index in [4.69, 9.17) is 5.11 Å². The molecule has 0 spiro atoms. The van der Waals surface area contributed by atoms with Crippen LogP contribution in [-0.2, 0) is 4.79 Å². The fourth-order valence-electron chi connectivity index (χ4n) is 3.38. The summed E-state index contributed by atoms with van der Waals surface area (Å²) < 4.78 is 0. The van der Waals surface area contributed by atoms with Crippen LogP contribution in [0.1, 0.15) is 17.0 Å². The van der Waals surface area contributed by atoms with Gasteiger partial charge in [0.2, 0.25) is 0 Å².